The Morgan fingerprint density at radius 1 is 1.09 bits per heavy atom. The van der Waals surface area contributed by atoms with E-state index in [0.717, 1.165) is 22.2 Å². The molecular weight excluding hydrogens is 314 g/mol. The lowest BCUT2D eigenvalue weighted by molar-refractivity contribution is -0.113. The molecule has 0 spiro atoms. The van der Waals surface area contributed by atoms with Crippen molar-refractivity contribution in [2.45, 2.75) is 0 Å². The second kappa shape index (κ2) is 6.18. The highest BCUT2D eigenvalue weighted by molar-refractivity contribution is 8.19. The number of phenolic OH excluding ortho intramolecular Hbond substituents is 1. The molecule has 3 rings (SSSR count). The molecule has 0 radical (unpaired) electrons. The first-order chi connectivity index (χ1) is 11.1. The minimum absolute atomic E-state index is 0.143. The number of rotatable bonds is 3. The first kappa shape index (κ1) is 15.2. The van der Waals surface area contributed by atoms with Crippen molar-refractivity contribution >= 4 is 34.7 Å². The summed E-state index contributed by atoms with van der Waals surface area (Å²) >= 11 is 0.875. The van der Waals surface area contributed by atoms with Gasteiger partial charge < -0.3 is 9.84 Å². The molecule has 116 valence electrons. The summed E-state index contributed by atoms with van der Waals surface area (Å²) in [5, 5.41) is 8.92. The number of imide groups is 1. The maximum Gasteiger partial charge on any atom is 0.298 e. The number of hydrogen-bond acceptors (Lipinski definition) is 5. The summed E-state index contributed by atoms with van der Waals surface area (Å²) in [5.74, 6) is 0.211. The quantitative estimate of drug-likeness (QED) is 0.872. The van der Waals surface area contributed by atoms with Gasteiger partial charge >= 0.3 is 0 Å². The third kappa shape index (κ3) is 2.93. The number of carbonyl (C=O) groups excluding carboxylic acids is 2. The molecule has 2 aromatic rings. The number of benzene rings is 2. The number of thioether (sulfide) groups is 1. The first-order valence-corrected chi connectivity index (χ1v) is 7.62. The van der Waals surface area contributed by atoms with Gasteiger partial charge in [0.2, 0.25) is 0 Å². The molecule has 1 heterocycles. The fraction of sp³-hybridized carbons (Fsp3) is 0.0588. The normalized spacial score (nSPS) is 16.2. The van der Waals surface area contributed by atoms with Gasteiger partial charge in [-0.05, 0) is 47.7 Å². The van der Waals surface area contributed by atoms with Crippen LogP contribution in [0, 0.1) is 0 Å². The summed E-state index contributed by atoms with van der Waals surface area (Å²) in [5.41, 5.74) is 1.15. The molecule has 6 heteroatoms. The average molecular weight is 327 g/mol. The smallest absolute Gasteiger partial charge is 0.298 e. The summed E-state index contributed by atoms with van der Waals surface area (Å²) in [6.07, 6.45) is 1.62. The molecule has 0 saturated carbocycles. The van der Waals surface area contributed by atoms with Gasteiger partial charge in [0.1, 0.15) is 11.5 Å². The molecule has 0 unspecified atom stereocenters. The number of aromatic hydroxyl groups is 1. The largest absolute Gasteiger partial charge is 0.508 e. The van der Waals surface area contributed by atoms with Crippen molar-refractivity contribution in [3.8, 4) is 11.5 Å². The van der Waals surface area contributed by atoms with Crippen molar-refractivity contribution in [1.29, 1.82) is 0 Å². The van der Waals surface area contributed by atoms with Crippen LogP contribution in [-0.2, 0) is 4.79 Å². The van der Waals surface area contributed by atoms with E-state index >= 15 is 0 Å². The standard InChI is InChI=1S/C17H13NO4S/c1-22-14-5-3-2-4-13(14)18-16(20)15(23-17(18)21)10-11-6-8-12(19)9-7-11/h2-10,19H,1H3. The van der Waals surface area contributed by atoms with Crippen LogP contribution in [0.1, 0.15) is 5.56 Å². The SMILES string of the molecule is COc1ccccc1N1C(=O)SC(=Cc2ccc(O)cc2)C1=O. The Kier molecular flexibility index (Phi) is 4.08. The zero-order valence-corrected chi connectivity index (χ0v) is 13.0. The lowest BCUT2D eigenvalue weighted by Crippen LogP contribution is -2.28. The summed E-state index contributed by atoms with van der Waals surface area (Å²) in [6, 6.07) is 13.3. The Balaban J connectivity index is 1.95. The highest BCUT2D eigenvalue weighted by Gasteiger charge is 2.37. The van der Waals surface area contributed by atoms with Crippen LogP contribution in [0.15, 0.2) is 53.4 Å². The van der Waals surface area contributed by atoms with Crippen LogP contribution in [0.25, 0.3) is 6.08 Å². The molecule has 0 atom stereocenters. The third-order valence-electron chi connectivity index (χ3n) is 3.31. The fourth-order valence-corrected chi connectivity index (χ4v) is 3.05. The number of ether oxygens (including phenoxy) is 1. The van der Waals surface area contributed by atoms with Crippen LogP contribution < -0.4 is 9.64 Å². The monoisotopic (exact) mass is 327 g/mol. The lowest BCUT2D eigenvalue weighted by atomic mass is 10.2. The van der Waals surface area contributed by atoms with Gasteiger partial charge in [-0.25, -0.2) is 4.90 Å². The van der Waals surface area contributed by atoms with Crippen LogP contribution in [0.3, 0.4) is 0 Å². The van der Waals surface area contributed by atoms with E-state index in [1.807, 2.05) is 0 Å². The summed E-state index contributed by atoms with van der Waals surface area (Å²) < 4.78 is 5.22. The topological polar surface area (TPSA) is 66.8 Å². The predicted molar refractivity (Wildman–Crippen MR) is 89.6 cm³/mol. The van der Waals surface area contributed by atoms with Crippen LogP contribution in [0.4, 0.5) is 10.5 Å². The molecule has 1 fully saturated rings. The second-order valence-corrected chi connectivity index (χ2v) is 5.77. The van der Waals surface area contributed by atoms with Gasteiger partial charge in [0.05, 0.1) is 17.7 Å². The Hall–Kier alpha value is -2.73. The van der Waals surface area contributed by atoms with E-state index in [9.17, 15) is 14.7 Å². The number of phenols is 1. The van der Waals surface area contributed by atoms with Gasteiger partial charge in [-0.15, -0.1) is 0 Å². The van der Waals surface area contributed by atoms with E-state index in [0.29, 0.717) is 16.3 Å². The van der Waals surface area contributed by atoms with Gasteiger partial charge in [0, 0.05) is 0 Å². The number of amides is 2. The van der Waals surface area contributed by atoms with Crippen molar-refractivity contribution in [2.24, 2.45) is 0 Å². The molecule has 2 aromatic carbocycles. The van der Waals surface area contributed by atoms with Gasteiger partial charge in [0.15, 0.2) is 0 Å². The highest BCUT2D eigenvalue weighted by atomic mass is 32.2. The molecular formula is C17H13NO4S. The minimum atomic E-state index is -0.391. The fourth-order valence-electron chi connectivity index (χ4n) is 2.21. The van der Waals surface area contributed by atoms with Gasteiger partial charge in [-0.3, -0.25) is 9.59 Å². The maximum atomic E-state index is 12.6. The molecule has 1 saturated heterocycles. The zero-order valence-electron chi connectivity index (χ0n) is 12.2. The third-order valence-corrected chi connectivity index (χ3v) is 4.18. The van der Waals surface area contributed by atoms with Crippen molar-refractivity contribution in [2.75, 3.05) is 12.0 Å². The molecule has 0 bridgehead atoms. The summed E-state index contributed by atoms with van der Waals surface area (Å²) in [6.45, 7) is 0. The Bertz CT molecular complexity index is 798. The number of methoxy groups -OCH3 is 1. The van der Waals surface area contributed by atoms with Gasteiger partial charge in [0.25, 0.3) is 11.1 Å². The minimum Gasteiger partial charge on any atom is -0.508 e. The van der Waals surface area contributed by atoms with E-state index < -0.39 is 5.91 Å². The van der Waals surface area contributed by atoms with Crippen LogP contribution in [0.2, 0.25) is 0 Å². The Morgan fingerprint density at radius 3 is 2.48 bits per heavy atom. The van der Waals surface area contributed by atoms with Crippen LogP contribution >= 0.6 is 11.8 Å². The maximum absolute atomic E-state index is 12.6. The van der Waals surface area contributed by atoms with Crippen LogP contribution in [0.5, 0.6) is 11.5 Å². The average Bonchev–Trinajstić information content (AvgIpc) is 2.83. The molecule has 23 heavy (non-hydrogen) atoms. The predicted octanol–water partition coefficient (Wildman–Crippen LogP) is 3.64. The first-order valence-electron chi connectivity index (χ1n) is 6.80. The molecule has 5 nitrogen and oxygen atoms in total. The van der Waals surface area contributed by atoms with Crippen molar-refractivity contribution in [1.82, 2.24) is 0 Å². The highest BCUT2D eigenvalue weighted by Crippen LogP contribution is 2.39. The number of para-hydroxylation sites is 2. The number of carbonyl (C=O) groups is 2. The summed E-state index contributed by atoms with van der Waals surface area (Å²) in [7, 11) is 1.49. The van der Waals surface area contributed by atoms with E-state index in [-0.39, 0.29) is 11.0 Å². The number of nitrogens with zero attached hydrogens (tertiary/aromatic N) is 1. The molecule has 1 aliphatic rings. The van der Waals surface area contributed by atoms with Crippen molar-refractivity contribution in [3.05, 3.63) is 59.0 Å². The molecule has 0 aromatic heterocycles. The zero-order chi connectivity index (χ0) is 16.4. The van der Waals surface area contributed by atoms with E-state index in [1.165, 1.54) is 19.2 Å². The Morgan fingerprint density at radius 2 is 1.78 bits per heavy atom. The molecule has 0 aliphatic carbocycles. The summed E-state index contributed by atoms with van der Waals surface area (Å²) in [4.78, 5) is 26.2. The molecule has 1 aliphatic heterocycles. The molecule has 1 N–H and O–H groups in total. The number of hydrogen-bond donors (Lipinski definition) is 1. The van der Waals surface area contributed by atoms with Crippen molar-refractivity contribution < 1.29 is 19.4 Å². The van der Waals surface area contributed by atoms with Gasteiger partial charge in [-0.1, -0.05) is 24.3 Å². The number of anilines is 1. The van der Waals surface area contributed by atoms with E-state index in [4.69, 9.17) is 4.74 Å². The lowest BCUT2D eigenvalue weighted by Gasteiger charge is -2.15. The van der Waals surface area contributed by atoms with E-state index in [2.05, 4.69) is 0 Å². The van der Waals surface area contributed by atoms with Crippen LogP contribution in [-0.4, -0.2) is 23.4 Å². The Labute approximate surface area is 137 Å². The van der Waals surface area contributed by atoms with E-state index in [1.54, 1.807) is 42.5 Å². The van der Waals surface area contributed by atoms with Crippen molar-refractivity contribution in [3.63, 3.8) is 0 Å². The second-order valence-electron chi connectivity index (χ2n) is 4.78. The molecule has 2 amide bonds. The van der Waals surface area contributed by atoms with Gasteiger partial charge in [-0.2, -0.15) is 0 Å².